The van der Waals surface area contributed by atoms with Crippen molar-refractivity contribution in [3.05, 3.63) is 89.6 Å². The Morgan fingerprint density at radius 2 is 1.70 bits per heavy atom. The molecule has 6 aromatic rings. The first kappa shape index (κ1) is 19.5. The van der Waals surface area contributed by atoms with Crippen LogP contribution in [-0.4, -0.2) is 30.6 Å². The van der Waals surface area contributed by atoms with Crippen molar-refractivity contribution in [2.45, 2.75) is 6.92 Å². The highest BCUT2D eigenvalue weighted by molar-refractivity contribution is 6.30. The minimum Gasteiger partial charge on any atom is -0.454 e. The molecule has 0 aliphatic heterocycles. The molecule has 0 aliphatic rings. The van der Waals surface area contributed by atoms with Crippen LogP contribution in [0.25, 0.3) is 44.8 Å². The van der Waals surface area contributed by atoms with Gasteiger partial charge in [-0.2, -0.15) is 5.10 Å². The van der Waals surface area contributed by atoms with E-state index in [4.69, 9.17) is 21.1 Å². The van der Waals surface area contributed by atoms with E-state index < -0.39 is 0 Å². The molecule has 33 heavy (non-hydrogen) atoms. The molecule has 3 aromatic heterocycles. The van der Waals surface area contributed by atoms with Gasteiger partial charge in [0.25, 0.3) is 0 Å². The molecule has 0 aliphatic carbocycles. The fraction of sp³-hybridized carbons (Fsp3) is 0.0400. The van der Waals surface area contributed by atoms with Gasteiger partial charge < -0.3 is 4.42 Å². The van der Waals surface area contributed by atoms with Crippen LogP contribution in [-0.2, 0) is 0 Å². The fourth-order valence-electron chi connectivity index (χ4n) is 3.97. The number of carbonyl (C=O) groups excluding carboxylic acids is 1. The summed E-state index contributed by atoms with van der Waals surface area (Å²) in [7, 11) is 0. The molecule has 0 bridgehead atoms. The van der Waals surface area contributed by atoms with Gasteiger partial charge in [0.05, 0.1) is 11.2 Å². The number of halogens is 1. The Morgan fingerprint density at radius 1 is 0.939 bits per heavy atom. The van der Waals surface area contributed by atoms with Crippen molar-refractivity contribution in [2.75, 3.05) is 0 Å². The third-order valence-electron chi connectivity index (χ3n) is 5.49. The first-order valence-electron chi connectivity index (χ1n) is 10.3. The number of carbonyl (C=O) groups is 1. The molecule has 8 heteroatoms. The number of benzene rings is 3. The molecule has 3 heterocycles. The molecule has 0 N–H and O–H groups in total. The van der Waals surface area contributed by atoms with Crippen LogP contribution in [0.2, 0.25) is 5.02 Å². The van der Waals surface area contributed by atoms with Crippen molar-refractivity contribution >= 4 is 39.4 Å². The second-order valence-electron chi connectivity index (χ2n) is 7.63. The second-order valence-corrected chi connectivity index (χ2v) is 8.07. The maximum atomic E-state index is 12.8. The highest BCUT2D eigenvalue weighted by Gasteiger charge is 2.28. The van der Waals surface area contributed by atoms with Gasteiger partial charge in [0.15, 0.2) is 17.2 Å². The normalized spacial score (nSPS) is 11.5. The molecule has 3 aromatic carbocycles. The smallest absolute Gasteiger partial charge is 0.182 e. The Morgan fingerprint density at radius 3 is 2.48 bits per heavy atom. The van der Waals surface area contributed by atoms with Gasteiger partial charge >= 0.3 is 0 Å². The van der Waals surface area contributed by atoms with E-state index in [1.54, 1.807) is 21.5 Å². The quantitative estimate of drug-likeness (QED) is 0.312. The summed E-state index contributed by atoms with van der Waals surface area (Å²) in [5, 5.41) is 14.9. The minimum atomic E-state index is -0.199. The lowest BCUT2D eigenvalue weighted by Crippen LogP contribution is -2.04. The van der Waals surface area contributed by atoms with Crippen molar-refractivity contribution in [2.24, 2.45) is 0 Å². The van der Waals surface area contributed by atoms with E-state index in [1.807, 2.05) is 66.7 Å². The molecular formula is C25H16ClN5O2. The number of rotatable bonds is 4. The van der Waals surface area contributed by atoms with Crippen LogP contribution in [0.3, 0.4) is 0 Å². The zero-order chi connectivity index (χ0) is 22.5. The first-order chi connectivity index (χ1) is 16.1. The number of nitrogens with zero attached hydrogens (tertiary/aromatic N) is 5. The molecule has 0 fully saturated rings. The minimum absolute atomic E-state index is 0.199. The summed E-state index contributed by atoms with van der Waals surface area (Å²) < 4.78 is 9.56. The first-order valence-corrected chi connectivity index (χ1v) is 10.7. The number of fused-ring (bicyclic) bond motifs is 2. The van der Waals surface area contributed by atoms with Gasteiger partial charge in [-0.05, 0) is 48.5 Å². The number of Topliss-reactive ketones (excluding diaryl/α,β-unsaturated/α-hetero) is 1. The summed E-state index contributed by atoms with van der Waals surface area (Å²) in [6.07, 6.45) is 0. The Balaban J connectivity index is 1.73. The predicted octanol–water partition coefficient (Wildman–Crippen LogP) is 5.88. The summed E-state index contributed by atoms with van der Waals surface area (Å²) in [5.74, 6) is 0.357. The van der Waals surface area contributed by atoms with Crippen LogP contribution in [0.1, 0.15) is 17.4 Å². The number of para-hydroxylation sites is 2. The highest BCUT2D eigenvalue weighted by atomic mass is 35.5. The molecule has 0 saturated heterocycles. The molecule has 0 saturated carbocycles. The van der Waals surface area contributed by atoms with Gasteiger partial charge in [0.1, 0.15) is 22.5 Å². The van der Waals surface area contributed by atoms with Gasteiger partial charge in [-0.3, -0.25) is 4.79 Å². The average Bonchev–Trinajstić information content (AvgIpc) is 3.53. The van der Waals surface area contributed by atoms with Crippen molar-refractivity contribution in [3.8, 4) is 22.8 Å². The SMILES string of the molecule is CC(=O)c1nn(-c2ccc(Cl)cc2)c(-c2cc3ccccc3o2)c1-n1nnc2ccccc21. The second kappa shape index (κ2) is 7.43. The van der Waals surface area contributed by atoms with E-state index in [2.05, 4.69) is 10.3 Å². The van der Waals surface area contributed by atoms with Gasteiger partial charge in [-0.25, -0.2) is 9.36 Å². The van der Waals surface area contributed by atoms with Crippen molar-refractivity contribution in [1.82, 2.24) is 24.8 Å². The van der Waals surface area contributed by atoms with Crippen molar-refractivity contribution < 1.29 is 9.21 Å². The van der Waals surface area contributed by atoms with Crippen molar-refractivity contribution in [3.63, 3.8) is 0 Å². The number of hydrogen-bond donors (Lipinski definition) is 0. The highest BCUT2D eigenvalue weighted by Crippen LogP contribution is 2.36. The third-order valence-corrected chi connectivity index (χ3v) is 5.74. The van der Waals surface area contributed by atoms with E-state index in [0.717, 1.165) is 22.2 Å². The van der Waals surface area contributed by atoms with Gasteiger partial charge in [-0.15, -0.1) is 5.10 Å². The zero-order valence-electron chi connectivity index (χ0n) is 17.4. The molecule has 160 valence electrons. The molecule has 7 nitrogen and oxygen atoms in total. The van der Waals surface area contributed by atoms with Crippen LogP contribution < -0.4 is 0 Å². The van der Waals surface area contributed by atoms with Crippen LogP contribution in [0.15, 0.2) is 83.3 Å². The Kier molecular flexibility index (Phi) is 4.38. The topological polar surface area (TPSA) is 78.7 Å². The number of aromatic nitrogens is 5. The Bertz CT molecular complexity index is 1630. The molecule has 0 unspecified atom stereocenters. The molecular weight excluding hydrogens is 438 g/mol. The lowest BCUT2D eigenvalue weighted by atomic mass is 10.1. The van der Waals surface area contributed by atoms with Gasteiger partial charge in [-0.1, -0.05) is 47.1 Å². The average molecular weight is 454 g/mol. The molecule has 0 atom stereocenters. The van der Waals surface area contributed by atoms with Crippen LogP contribution >= 0.6 is 11.6 Å². The van der Waals surface area contributed by atoms with Crippen LogP contribution in [0.4, 0.5) is 0 Å². The fourth-order valence-corrected chi connectivity index (χ4v) is 4.10. The Hall–Kier alpha value is -4.23. The third kappa shape index (κ3) is 3.13. The largest absolute Gasteiger partial charge is 0.454 e. The maximum Gasteiger partial charge on any atom is 0.182 e. The molecule has 6 rings (SSSR count). The van der Waals surface area contributed by atoms with Crippen molar-refractivity contribution in [1.29, 1.82) is 0 Å². The van der Waals surface area contributed by atoms with Crippen LogP contribution in [0, 0.1) is 0 Å². The van der Waals surface area contributed by atoms with E-state index >= 15 is 0 Å². The van der Waals surface area contributed by atoms with E-state index in [1.165, 1.54) is 6.92 Å². The number of hydrogen-bond acceptors (Lipinski definition) is 5. The summed E-state index contributed by atoms with van der Waals surface area (Å²) in [5.41, 5.74) is 4.29. The maximum absolute atomic E-state index is 12.8. The van der Waals surface area contributed by atoms with E-state index in [9.17, 15) is 4.79 Å². The molecule has 0 radical (unpaired) electrons. The Labute approximate surface area is 192 Å². The predicted molar refractivity (Wildman–Crippen MR) is 126 cm³/mol. The number of furan rings is 1. The van der Waals surface area contributed by atoms with E-state index in [-0.39, 0.29) is 11.5 Å². The van der Waals surface area contributed by atoms with E-state index in [0.29, 0.717) is 27.7 Å². The monoisotopic (exact) mass is 453 g/mol. The van der Waals surface area contributed by atoms with Gasteiger partial charge in [0.2, 0.25) is 0 Å². The molecule has 0 spiro atoms. The van der Waals surface area contributed by atoms with Crippen LogP contribution in [0.5, 0.6) is 0 Å². The zero-order valence-corrected chi connectivity index (χ0v) is 18.2. The summed E-state index contributed by atoms with van der Waals surface area (Å²) in [6.45, 7) is 1.49. The van der Waals surface area contributed by atoms with Gasteiger partial charge in [0, 0.05) is 17.3 Å². The summed E-state index contributed by atoms with van der Waals surface area (Å²) in [4.78, 5) is 12.8. The number of ketones is 1. The lowest BCUT2D eigenvalue weighted by Gasteiger charge is -2.08. The lowest BCUT2D eigenvalue weighted by molar-refractivity contribution is 0.101. The summed E-state index contributed by atoms with van der Waals surface area (Å²) >= 11 is 6.12. The summed E-state index contributed by atoms with van der Waals surface area (Å²) in [6, 6.07) is 24.5. The molecule has 0 amide bonds. The standard InChI is InChI=1S/C25H16ClN5O2/c1-15(32)23-25(31-20-8-4-3-7-19(20)27-29-31)24(22-14-16-6-2-5-9-21(16)33-22)30(28-23)18-12-10-17(26)11-13-18/h2-14H,1H3.